The van der Waals surface area contributed by atoms with E-state index >= 15 is 0 Å². The van der Waals surface area contributed by atoms with Gasteiger partial charge in [-0.25, -0.2) is 0 Å². The molecular weight excluding hydrogens is 236 g/mol. The number of H-pyrrole nitrogens is 2. The molecule has 0 aliphatic heterocycles. The summed E-state index contributed by atoms with van der Waals surface area (Å²) in [5, 5.41) is 15.6. The van der Waals surface area contributed by atoms with E-state index in [0.717, 1.165) is 0 Å². The fraction of sp³-hybridized carbons (Fsp3) is 0.300. The van der Waals surface area contributed by atoms with Crippen LogP contribution in [0, 0.1) is 13.8 Å². The molecule has 8 heteroatoms. The molecule has 2 rings (SSSR count). The Labute approximate surface area is 102 Å². The number of aromatic amines is 2. The van der Waals surface area contributed by atoms with Gasteiger partial charge in [-0.05, 0) is 25.5 Å². The summed E-state index contributed by atoms with van der Waals surface area (Å²) in [6.45, 7) is 3.59. The lowest BCUT2D eigenvalue weighted by Crippen LogP contribution is -2.31. The lowest BCUT2D eigenvalue weighted by Gasteiger charge is -2.05. The predicted molar refractivity (Wildman–Crippen MR) is 61.9 cm³/mol. The molecule has 2 heterocycles. The highest BCUT2D eigenvalue weighted by Gasteiger charge is 2.14. The molecule has 1 amide bonds. The van der Waals surface area contributed by atoms with Crippen LogP contribution in [0.5, 0.6) is 0 Å². The van der Waals surface area contributed by atoms with E-state index in [9.17, 15) is 9.59 Å². The Morgan fingerprint density at radius 1 is 1.44 bits per heavy atom. The minimum absolute atomic E-state index is 0.101. The van der Waals surface area contributed by atoms with Crippen LogP contribution >= 0.6 is 0 Å². The van der Waals surface area contributed by atoms with Gasteiger partial charge in [-0.3, -0.25) is 9.59 Å². The summed E-state index contributed by atoms with van der Waals surface area (Å²) in [5.41, 5.74) is 1.04. The van der Waals surface area contributed by atoms with Gasteiger partial charge >= 0.3 is 0 Å². The molecule has 0 unspecified atom stereocenters. The number of nitrogens with one attached hydrogen (secondary N) is 3. The first-order valence-electron chi connectivity index (χ1n) is 5.29. The second kappa shape index (κ2) is 4.78. The van der Waals surface area contributed by atoms with Crippen molar-refractivity contribution in [2.75, 3.05) is 0 Å². The van der Waals surface area contributed by atoms with Crippen LogP contribution in [0.4, 0.5) is 0 Å². The number of nitrogens with zero attached hydrogens (tertiary/aromatic N) is 3. The maximum absolute atomic E-state index is 11.9. The SMILES string of the molecule is Cc1cc(C)c(C(=O)NCc2nn[nH]n2)c(=O)[nH]1. The van der Waals surface area contributed by atoms with Crippen molar-refractivity contribution in [1.29, 1.82) is 0 Å². The Bertz CT molecular complexity index is 616. The molecular formula is C10H12N6O2. The van der Waals surface area contributed by atoms with Crippen molar-refractivity contribution in [3.63, 3.8) is 0 Å². The molecule has 0 saturated carbocycles. The summed E-state index contributed by atoms with van der Waals surface area (Å²) in [4.78, 5) is 26.2. The maximum Gasteiger partial charge on any atom is 0.261 e. The average molecular weight is 248 g/mol. The molecule has 18 heavy (non-hydrogen) atoms. The molecule has 0 radical (unpaired) electrons. The summed E-state index contributed by atoms with van der Waals surface area (Å²) in [6, 6.07) is 1.74. The standard InChI is InChI=1S/C10H12N6O2/c1-5-3-6(2)12-10(18)8(5)9(17)11-4-7-13-15-16-14-7/h3H,4H2,1-2H3,(H,11,17)(H,12,18)(H,13,14,15,16). The van der Waals surface area contributed by atoms with Gasteiger partial charge in [-0.1, -0.05) is 5.21 Å². The highest BCUT2D eigenvalue weighted by atomic mass is 16.2. The fourth-order valence-corrected chi connectivity index (χ4v) is 1.64. The lowest BCUT2D eigenvalue weighted by atomic mass is 10.1. The second-order valence-corrected chi connectivity index (χ2v) is 3.85. The van der Waals surface area contributed by atoms with Gasteiger partial charge in [0.15, 0.2) is 5.82 Å². The number of amides is 1. The van der Waals surface area contributed by atoms with E-state index in [1.807, 2.05) is 0 Å². The van der Waals surface area contributed by atoms with Gasteiger partial charge in [0.2, 0.25) is 0 Å². The van der Waals surface area contributed by atoms with E-state index in [-0.39, 0.29) is 12.1 Å². The van der Waals surface area contributed by atoms with Gasteiger partial charge in [-0.2, -0.15) is 5.21 Å². The number of hydrogen-bond acceptors (Lipinski definition) is 5. The second-order valence-electron chi connectivity index (χ2n) is 3.85. The van der Waals surface area contributed by atoms with Crippen LogP contribution in [0.25, 0.3) is 0 Å². The zero-order valence-electron chi connectivity index (χ0n) is 9.94. The number of tetrazole rings is 1. The van der Waals surface area contributed by atoms with Crippen LogP contribution in [-0.2, 0) is 6.54 Å². The minimum Gasteiger partial charge on any atom is -0.344 e. The largest absolute Gasteiger partial charge is 0.344 e. The topological polar surface area (TPSA) is 116 Å². The number of pyridine rings is 1. The Kier molecular flexibility index (Phi) is 3.18. The van der Waals surface area contributed by atoms with E-state index in [0.29, 0.717) is 17.1 Å². The molecule has 0 spiro atoms. The smallest absolute Gasteiger partial charge is 0.261 e. The molecule has 0 atom stereocenters. The Morgan fingerprint density at radius 3 is 2.83 bits per heavy atom. The number of carbonyl (C=O) groups excluding carboxylic acids is 1. The molecule has 0 aromatic carbocycles. The first kappa shape index (κ1) is 12.0. The van der Waals surface area contributed by atoms with Crippen LogP contribution in [-0.4, -0.2) is 31.5 Å². The summed E-state index contributed by atoms with van der Waals surface area (Å²) in [7, 11) is 0. The first-order chi connectivity index (χ1) is 8.58. The van der Waals surface area contributed by atoms with Gasteiger partial charge < -0.3 is 10.3 Å². The molecule has 94 valence electrons. The van der Waals surface area contributed by atoms with Crippen LogP contribution in [0.2, 0.25) is 0 Å². The monoisotopic (exact) mass is 248 g/mol. The minimum atomic E-state index is -0.460. The molecule has 0 fully saturated rings. The molecule has 0 aliphatic carbocycles. The highest BCUT2D eigenvalue weighted by molar-refractivity contribution is 5.95. The van der Waals surface area contributed by atoms with Crippen molar-refractivity contribution >= 4 is 5.91 Å². The van der Waals surface area contributed by atoms with E-state index in [1.54, 1.807) is 19.9 Å². The molecule has 0 bridgehead atoms. The summed E-state index contributed by atoms with van der Waals surface area (Å²) in [5.74, 6) is -0.108. The normalized spacial score (nSPS) is 10.3. The summed E-state index contributed by atoms with van der Waals surface area (Å²) < 4.78 is 0. The Balaban J connectivity index is 2.17. The van der Waals surface area contributed by atoms with E-state index in [4.69, 9.17) is 0 Å². The van der Waals surface area contributed by atoms with Crippen LogP contribution < -0.4 is 10.9 Å². The third-order valence-electron chi connectivity index (χ3n) is 2.39. The van der Waals surface area contributed by atoms with Crippen molar-refractivity contribution in [1.82, 2.24) is 30.9 Å². The number of hydrogen-bond donors (Lipinski definition) is 3. The third kappa shape index (κ3) is 2.42. The molecule has 2 aromatic rings. The molecule has 0 saturated heterocycles. The molecule has 0 aliphatic rings. The Hall–Kier alpha value is -2.51. The first-order valence-corrected chi connectivity index (χ1v) is 5.29. The summed E-state index contributed by atoms with van der Waals surface area (Å²) in [6.07, 6.45) is 0. The fourth-order valence-electron chi connectivity index (χ4n) is 1.64. The highest BCUT2D eigenvalue weighted by Crippen LogP contribution is 2.03. The van der Waals surface area contributed by atoms with Gasteiger partial charge in [-0.15, -0.1) is 10.2 Å². The van der Waals surface area contributed by atoms with Crippen LogP contribution in [0.15, 0.2) is 10.9 Å². The van der Waals surface area contributed by atoms with Crippen molar-refractivity contribution in [2.24, 2.45) is 0 Å². The van der Waals surface area contributed by atoms with Crippen LogP contribution in [0.1, 0.15) is 27.4 Å². The van der Waals surface area contributed by atoms with Gasteiger partial charge in [0.25, 0.3) is 11.5 Å². The van der Waals surface area contributed by atoms with E-state index in [2.05, 4.69) is 30.9 Å². The van der Waals surface area contributed by atoms with Gasteiger partial charge in [0.05, 0.1) is 6.54 Å². The molecule has 3 N–H and O–H groups in total. The van der Waals surface area contributed by atoms with E-state index < -0.39 is 11.5 Å². The number of rotatable bonds is 3. The number of carbonyl (C=O) groups is 1. The van der Waals surface area contributed by atoms with Crippen LogP contribution in [0.3, 0.4) is 0 Å². The van der Waals surface area contributed by atoms with Crippen molar-refractivity contribution < 1.29 is 4.79 Å². The zero-order chi connectivity index (χ0) is 13.1. The molecule has 8 nitrogen and oxygen atoms in total. The average Bonchev–Trinajstić information content (AvgIpc) is 2.77. The lowest BCUT2D eigenvalue weighted by molar-refractivity contribution is 0.0947. The third-order valence-corrected chi connectivity index (χ3v) is 2.39. The zero-order valence-corrected chi connectivity index (χ0v) is 9.94. The van der Waals surface area contributed by atoms with Crippen molar-refractivity contribution in [2.45, 2.75) is 20.4 Å². The predicted octanol–water partition coefficient (Wildman–Crippen LogP) is -0.565. The number of aryl methyl sites for hydroxylation is 2. The quantitative estimate of drug-likeness (QED) is 0.672. The number of aromatic nitrogens is 5. The summed E-state index contributed by atoms with van der Waals surface area (Å²) >= 11 is 0. The Morgan fingerprint density at radius 2 is 2.22 bits per heavy atom. The van der Waals surface area contributed by atoms with Crippen molar-refractivity contribution in [3.05, 3.63) is 39.1 Å². The van der Waals surface area contributed by atoms with Gasteiger partial charge in [0, 0.05) is 5.69 Å². The maximum atomic E-state index is 11.9. The van der Waals surface area contributed by atoms with Gasteiger partial charge in [0.1, 0.15) is 5.56 Å². The van der Waals surface area contributed by atoms with E-state index in [1.165, 1.54) is 0 Å². The molecule has 2 aromatic heterocycles. The van der Waals surface area contributed by atoms with Crippen molar-refractivity contribution in [3.8, 4) is 0 Å².